The average molecular weight is 473 g/mol. The summed E-state index contributed by atoms with van der Waals surface area (Å²) >= 11 is 0. The number of hydrogen-bond acceptors (Lipinski definition) is 3. The lowest BCUT2D eigenvalue weighted by Crippen LogP contribution is -2.37. The SMILES string of the molecule is CCNC(=NCc1ccc(OC)c(OC)c1)NCc1ccccc1F.I. The number of rotatable bonds is 7. The molecule has 2 aromatic rings. The highest BCUT2D eigenvalue weighted by Gasteiger charge is 2.05. The van der Waals surface area contributed by atoms with Gasteiger partial charge in [-0.05, 0) is 30.7 Å². The number of methoxy groups -OCH3 is 2. The smallest absolute Gasteiger partial charge is 0.191 e. The number of aliphatic imine (C=N–C) groups is 1. The Balaban J connectivity index is 0.00000338. The fourth-order valence-corrected chi connectivity index (χ4v) is 2.31. The van der Waals surface area contributed by atoms with Crippen molar-refractivity contribution in [2.24, 2.45) is 4.99 Å². The standard InChI is InChI=1S/C19H24FN3O2.HI/c1-4-21-19(23-13-15-7-5-6-8-16(15)20)22-12-14-9-10-17(24-2)18(11-14)25-3;/h5-11H,4,12-13H2,1-3H3,(H2,21,22,23);1H. The van der Waals surface area contributed by atoms with Crippen molar-refractivity contribution in [3.8, 4) is 11.5 Å². The van der Waals surface area contributed by atoms with Gasteiger partial charge < -0.3 is 20.1 Å². The Labute approximate surface area is 171 Å². The first-order valence-electron chi connectivity index (χ1n) is 8.14. The Kier molecular flexibility index (Phi) is 9.79. The summed E-state index contributed by atoms with van der Waals surface area (Å²) in [5, 5.41) is 6.30. The second kappa shape index (κ2) is 11.6. The van der Waals surface area contributed by atoms with Crippen LogP contribution in [0.25, 0.3) is 0 Å². The maximum absolute atomic E-state index is 13.7. The van der Waals surface area contributed by atoms with E-state index in [1.807, 2.05) is 31.2 Å². The van der Waals surface area contributed by atoms with Crippen molar-refractivity contribution in [1.29, 1.82) is 0 Å². The van der Waals surface area contributed by atoms with E-state index >= 15 is 0 Å². The molecule has 2 rings (SSSR count). The highest BCUT2D eigenvalue weighted by atomic mass is 127. The number of guanidine groups is 1. The zero-order valence-corrected chi connectivity index (χ0v) is 17.5. The largest absolute Gasteiger partial charge is 0.493 e. The van der Waals surface area contributed by atoms with E-state index in [9.17, 15) is 4.39 Å². The quantitative estimate of drug-likeness (QED) is 0.366. The third kappa shape index (κ3) is 6.36. The molecule has 0 aliphatic heterocycles. The maximum atomic E-state index is 13.7. The molecule has 0 aliphatic rings. The molecule has 142 valence electrons. The fraction of sp³-hybridized carbons (Fsp3) is 0.316. The van der Waals surface area contributed by atoms with Crippen LogP contribution in [0.1, 0.15) is 18.1 Å². The minimum Gasteiger partial charge on any atom is -0.493 e. The Morgan fingerprint density at radius 3 is 2.42 bits per heavy atom. The Morgan fingerprint density at radius 1 is 1.04 bits per heavy atom. The zero-order chi connectivity index (χ0) is 18.1. The molecule has 0 saturated heterocycles. The average Bonchev–Trinajstić information content (AvgIpc) is 2.64. The summed E-state index contributed by atoms with van der Waals surface area (Å²) in [4.78, 5) is 4.53. The molecule has 26 heavy (non-hydrogen) atoms. The lowest BCUT2D eigenvalue weighted by atomic mass is 10.2. The molecule has 0 radical (unpaired) electrons. The predicted molar refractivity (Wildman–Crippen MR) is 113 cm³/mol. The van der Waals surface area contributed by atoms with Crippen LogP contribution in [-0.2, 0) is 13.1 Å². The van der Waals surface area contributed by atoms with Crippen LogP contribution in [0.2, 0.25) is 0 Å². The third-order valence-electron chi connectivity index (χ3n) is 3.62. The second-order valence-electron chi connectivity index (χ2n) is 5.33. The summed E-state index contributed by atoms with van der Waals surface area (Å²) in [6.07, 6.45) is 0. The number of nitrogens with zero attached hydrogens (tertiary/aromatic N) is 1. The van der Waals surface area contributed by atoms with Crippen LogP contribution in [0.5, 0.6) is 11.5 Å². The van der Waals surface area contributed by atoms with Crippen molar-refractivity contribution in [2.75, 3.05) is 20.8 Å². The van der Waals surface area contributed by atoms with Crippen molar-refractivity contribution in [1.82, 2.24) is 10.6 Å². The third-order valence-corrected chi connectivity index (χ3v) is 3.62. The molecule has 0 fully saturated rings. The minimum atomic E-state index is -0.231. The lowest BCUT2D eigenvalue weighted by molar-refractivity contribution is 0.354. The molecule has 0 aliphatic carbocycles. The van der Waals surface area contributed by atoms with Gasteiger partial charge in [-0.2, -0.15) is 0 Å². The van der Waals surface area contributed by atoms with Gasteiger partial charge in [0, 0.05) is 18.7 Å². The van der Waals surface area contributed by atoms with E-state index in [4.69, 9.17) is 9.47 Å². The van der Waals surface area contributed by atoms with Crippen LogP contribution >= 0.6 is 24.0 Å². The van der Waals surface area contributed by atoms with Gasteiger partial charge in [0.05, 0.1) is 20.8 Å². The monoisotopic (exact) mass is 473 g/mol. The van der Waals surface area contributed by atoms with Gasteiger partial charge in [0.1, 0.15) is 5.82 Å². The predicted octanol–water partition coefficient (Wildman–Crippen LogP) is 3.72. The van der Waals surface area contributed by atoms with E-state index in [1.165, 1.54) is 6.07 Å². The van der Waals surface area contributed by atoms with Crippen molar-refractivity contribution in [3.05, 3.63) is 59.4 Å². The van der Waals surface area contributed by atoms with Gasteiger partial charge in [0.25, 0.3) is 0 Å². The van der Waals surface area contributed by atoms with Crippen LogP contribution in [0.15, 0.2) is 47.5 Å². The molecule has 0 unspecified atom stereocenters. The molecule has 2 N–H and O–H groups in total. The van der Waals surface area contributed by atoms with Crippen LogP contribution in [0.4, 0.5) is 4.39 Å². The van der Waals surface area contributed by atoms with Crippen molar-refractivity contribution < 1.29 is 13.9 Å². The Bertz CT molecular complexity index is 726. The second-order valence-corrected chi connectivity index (χ2v) is 5.33. The van der Waals surface area contributed by atoms with Gasteiger partial charge in [-0.25, -0.2) is 9.38 Å². The highest BCUT2D eigenvalue weighted by molar-refractivity contribution is 14.0. The molecule has 5 nitrogen and oxygen atoms in total. The summed E-state index contributed by atoms with van der Waals surface area (Å²) in [6, 6.07) is 12.4. The Morgan fingerprint density at radius 2 is 1.77 bits per heavy atom. The topological polar surface area (TPSA) is 54.9 Å². The molecule has 2 aromatic carbocycles. The van der Waals surface area contributed by atoms with E-state index in [2.05, 4.69) is 15.6 Å². The van der Waals surface area contributed by atoms with Crippen LogP contribution in [0, 0.1) is 5.82 Å². The number of halogens is 2. The molecule has 0 spiro atoms. The van der Waals surface area contributed by atoms with E-state index in [-0.39, 0.29) is 29.8 Å². The van der Waals surface area contributed by atoms with Crippen molar-refractivity contribution in [2.45, 2.75) is 20.0 Å². The molecule has 0 saturated carbocycles. The van der Waals surface area contributed by atoms with E-state index in [0.717, 1.165) is 12.1 Å². The molecular formula is C19H25FIN3O2. The molecular weight excluding hydrogens is 448 g/mol. The van der Waals surface area contributed by atoms with E-state index in [1.54, 1.807) is 26.4 Å². The minimum absolute atomic E-state index is 0. The number of benzene rings is 2. The van der Waals surface area contributed by atoms with Gasteiger partial charge in [0.2, 0.25) is 0 Å². The van der Waals surface area contributed by atoms with Gasteiger partial charge >= 0.3 is 0 Å². The number of hydrogen-bond donors (Lipinski definition) is 2. The molecule has 7 heteroatoms. The first kappa shape index (κ1) is 22.0. The lowest BCUT2D eigenvalue weighted by Gasteiger charge is -2.12. The first-order chi connectivity index (χ1) is 12.2. The molecule has 0 amide bonds. The number of ether oxygens (including phenoxy) is 2. The molecule has 0 heterocycles. The molecule has 0 atom stereocenters. The van der Waals surface area contributed by atoms with E-state index in [0.29, 0.717) is 36.1 Å². The van der Waals surface area contributed by atoms with Crippen LogP contribution < -0.4 is 20.1 Å². The first-order valence-corrected chi connectivity index (χ1v) is 8.14. The summed E-state index contributed by atoms with van der Waals surface area (Å²) in [6.45, 7) is 3.53. The summed E-state index contributed by atoms with van der Waals surface area (Å²) in [7, 11) is 3.20. The van der Waals surface area contributed by atoms with Crippen LogP contribution in [-0.4, -0.2) is 26.7 Å². The Hall–Kier alpha value is -2.03. The fourth-order valence-electron chi connectivity index (χ4n) is 2.31. The van der Waals surface area contributed by atoms with E-state index < -0.39 is 0 Å². The van der Waals surface area contributed by atoms with Gasteiger partial charge in [-0.3, -0.25) is 0 Å². The van der Waals surface area contributed by atoms with Crippen molar-refractivity contribution in [3.63, 3.8) is 0 Å². The van der Waals surface area contributed by atoms with Gasteiger partial charge in [0.15, 0.2) is 17.5 Å². The molecule has 0 bridgehead atoms. The highest BCUT2D eigenvalue weighted by Crippen LogP contribution is 2.27. The zero-order valence-electron chi connectivity index (χ0n) is 15.2. The summed E-state index contributed by atoms with van der Waals surface area (Å²) < 4.78 is 24.2. The molecule has 0 aromatic heterocycles. The van der Waals surface area contributed by atoms with Gasteiger partial charge in [-0.1, -0.05) is 24.3 Å². The number of nitrogens with one attached hydrogen (secondary N) is 2. The van der Waals surface area contributed by atoms with Crippen molar-refractivity contribution >= 4 is 29.9 Å². The summed E-state index contributed by atoms with van der Waals surface area (Å²) in [5.74, 6) is 1.74. The maximum Gasteiger partial charge on any atom is 0.191 e. The summed E-state index contributed by atoms with van der Waals surface area (Å²) in [5.41, 5.74) is 1.58. The van der Waals surface area contributed by atoms with Crippen LogP contribution in [0.3, 0.4) is 0 Å². The van der Waals surface area contributed by atoms with Gasteiger partial charge in [-0.15, -0.1) is 24.0 Å². The normalized spacial score (nSPS) is 10.7.